The minimum atomic E-state index is -0.282. The highest BCUT2D eigenvalue weighted by molar-refractivity contribution is 9.10. The van der Waals surface area contributed by atoms with E-state index in [1.54, 1.807) is 14.2 Å². The number of rotatable bonds is 6. The van der Waals surface area contributed by atoms with Gasteiger partial charge in [-0.25, -0.2) is 0 Å². The maximum atomic E-state index is 11.6. The number of hydrogen-bond acceptors (Lipinski definition) is 3. The van der Waals surface area contributed by atoms with Crippen LogP contribution >= 0.6 is 15.9 Å². The van der Waals surface area contributed by atoms with Gasteiger partial charge in [-0.3, -0.25) is 4.79 Å². The zero-order valence-electron chi connectivity index (χ0n) is 11.1. The van der Waals surface area contributed by atoms with Crippen molar-refractivity contribution in [3.05, 3.63) is 40.9 Å². The second kappa shape index (κ2) is 7.31. The molecule has 0 aliphatic rings. The second-order valence-corrected chi connectivity index (χ2v) is 5.01. The minimum absolute atomic E-state index is 0.103. The molecule has 0 unspecified atom stereocenters. The van der Waals surface area contributed by atoms with Crippen molar-refractivity contribution in [2.75, 3.05) is 20.8 Å². The average Bonchev–Trinajstić information content (AvgIpc) is 2.44. The van der Waals surface area contributed by atoms with E-state index in [4.69, 9.17) is 4.74 Å². The van der Waals surface area contributed by atoms with Gasteiger partial charge in [-0.15, -0.1) is 0 Å². The van der Waals surface area contributed by atoms with Crippen LogP contribution in [0.1, 0.15) is 5.56 Å². The summed E-state index contributed by atoms with van der Waals surface area (Å²) in [6, 6.07) is 5.34. The third-order valence-electron chi connectivity index (χ3n) is 3.00. The van der Waals surface area contributed by atoms with E-state index in [1.165, 1.54) is 11.0 Å². The van der Waals surface area contributed by atoms with Crippen molar-refractivity contribution < 1.29 is 14.6 Å². The first kappa shape index (κ1) is 15.7. The molecule has 1 N–H and O–H groups in total. The van der Waals surface area contributed by atoms with Gasteiger partial charge in [-0.2, -0.15) is 0 Å². The van der Waals surface area contributed by atoms with Crippen molar-refractivity contribution in [1.29, 1.82) is 0 Å². The lowest BCUT2D eigenvalue weighted by molar-refractivity contribution is -0.127. The summed E-state index contributed by atoms with van der Waals surface area (Å²) in [4.78, 5) is 13.0. The van der Waals surface area contributed by atoms with Crippen LogP contribution in [-0.4, -0.2) is 42.7 Å². The third kappa shape index (κ3) is 4.08. The van der Waals surface area contributed by atoms with Crippen LogP contribution in [0.2, 0.25) is 0 Å². The van der Waals surface area contributed by atoms with E-state index in [2.05, 4.69) is 22.5 Å². The van der Waals surface area contributed by atoms with Gasteiger partial charge in [0.25, 0.3) is 0 Å². The Morgan fingerprint density at radius 2 is 2.32 bits per heavy atom. The van der Waals surface area contributed by atoms with Crippen molar-refractivity contribution in [2.24, 2.45) is 0 Å². The molecule has 0 spiro atoms. The molecule has 0 saturated carbocycles. The molecular formula is C14H18BrNO3. The van der Waals surface area contributed by atoms with Crippen LogP contribution in [0.5, 0.6) is 5.75 Å². The molecule has 0 heterocycles. The highest BCUT2D eigenvalue weighted by Gasteiger charge is 2.18. The van der Waals surface area contributed by atoms with Gasteiger partial charge in [-0.05, 0) is 30.2 Å². The molecule has 19 heavy (non-hydrogen) atoms. The summed E-state index contributed by atoms with van der Waals surface area (Å²) >= 11 is 3.46. The highest BCUT2D eigenvalue weighted by atomic mass is 79.9. The maximum Gasteiger partial charge on any atom is 0.246 e. The van der Waals surface area contributed by atoms with Crippen LogP contribution < -0.4 is 4.74 Å². The van der Waals surface area contributed by atoms with E-state index in [-0.39, 0.29) is 18.6 Å². The predicted octanol–water partition coefficient (Wildman–Crippen LogP) is 2.01. The molecule has 1 rings (SSSR count). The van der Waals surface area contributed by atoms with Crippen LogP contribution in [0.25, 0.3) is 0 Å². The van der Waals surface area contributed by atoms with Crippen LogP contribution in [0.4, 0.5) is 0 Å². The van der Waals surface area contributed by atoms with Gasteiger partial charge in [0.2, 0.25) is 5.91 Å². The Kier molecular flexibility index (Phi) is 6.05. The fourth-order valence-corrected chi connectivity index (χ4v) is 2.24. The van der Waals surface area contributed by atoms with Crippen molar-refractivity contribution in [2.45, 2.75) is 12.5 Å². The van der Waals surface area contributed by atoms with E-state index in [0.717, 1.165) is 15.8 Å². The lowest BCUT2D eigenvalue weighted by Crippen LogP contribution is -2.40. The molecule has 0 aliphatic heterocycles. The number of benzene rings is 1. The minimum Gasteiger partial charge on any atom is -0.497 e. The number of methoxy groups -OCH3 is 1. The van der Waals surface area contributed by atoms with Gasteiger partial charge in [-0.1, -0.05) is 28.6 Å². The number of aliphatic hydroxyl groups is 1. The van der Waals surface area contributed by atoms with Crippen LogP contribution in [0.3, 0.4) is 0 Å². The normalized spacial score (nSPS) is 11.8. The van der Waals surface area contributed by atoms with Gasteiger partial charge in [0.1, 0.15) is 5.75 Å². The zero-order chi connectivity index (χ0) is 14.4. The van der Waals surface area contributed by atoms with E-state index in [0.29, 0.717) is 6.42 Å². The van der Waals surface area contributed by atoms with E-state index in [9.17, 15) is 9.90 Å². The SMILES string of the molecule is C=CC(=O)N(C)[C@@H](CO)Cc1ccc(OC)cc1Br. The predicted molar refractivity (Wildman–Crippen MR) is 78.2 cm³/mol. The smallest absolute Gasteiger partial charge is 0.246 e. The van der Waals surface area contributed by atoms with Crippen LogP contribution in [-0.2, 0) is 11.2 Å². The zero-order valence-corrected chi connectivity index (χ0v) is 12.7. The van der Waals surface area contributed by atoms with Crippen LogP contribution in [0.15, 0.2) is 35.3 Å². The first-order valence-electron chi connectivity index (χ1n) is 5.86. The van der Waals surface area contributed by atoms with Crippen LogP contribution in [0, 0.1) is 0 Å². The fourth-order valence-electron chi connectivity index (χ4n) is 1.72. The standard InChI is InChI=1S/C14H18BrNO3/c1-4-14(18)16(2)11(9-17)7-10-5-6-12(19-3)8-13(10)15/h4-6,8,11,17H,1,7,9H2,2-3H3/t11-/m1/s1. The lowest BCUT2D eigenvalue weighted by atomic mass is 10.1. The number of ether oxygens (including phenoxy) is 1. The number of carbonyl (C=O) groups excluding carboxylic acids is 1. The van der Waals surface area contributed by atoms with E-state index >= 15 is 0 Å². The first-order chi connectivity index (χ1) is 9.03. The molecule has 1 aromatic rings. The largest absolute Gasteiger partial charge is 0.497 e. The third-order valence-corrected chi connectivity index (χ3v) is 3.73. The Morgan fingerprint density at radius 3 is 2.79 bits per heavy atom. The average molecular weight is 328 g/mol. The summed E-state index contributed by atoms with van der Waals surface area (Å²) in [5, 5.41) is 9.43. The molecule has 0 aliphatic carbocycles. The second-order valence-electron chi connectivity index (χ2n) is 4.15. The number of likely N-dealkylation sites (N-methyl/N-ethyl adjacent to an activating group) is 1. The molecule has 1 aromatic carbocycles. The highest BCUT2D eigenvalue weighted by Crippen LogP contribution is 2.24. The Balaban J connectivity index is 2.86. The Hall–Kier alpha value is -1.33. The summed E-state index contributed by atoms with van der Waals surface area (Å²) in [7, 11) is 3.26. The Morgan fingerprint density at radius 1 is 1.63 bits per heavy atom. The molecule has 0 saturated heterocycles. The van der Waals surface area contributed by atoms with E-state index < -0.39 is 0 Å². The molecule has 104 valence electrons. The van der Waals surface area contributed by atoms with Gasteiger partial charge in [0, 0.05) is 11.5 Å². The first-order valence-corrected chi connectivity index (χ1v) is 6.65. The van der Waals surface area contributed by atoms with Gasteiger partial charge < -0.3 is 14.7 Å². The van der Waals surface area contributed by atoms with Gasteiger partial charge in [0.05, 0.1) is 19.8 Å². The summed E-state index contributed by atoms with van der Waals surface area (Å²) in [5.41, 5.74) is 1.00. The number of nitrogens with zero attached hydrogens (tertiary/aromatic N) is 1. The summed E-state index contributed by atoms with van der Waals surface area (Å²) in [6.45, 7) is 3.34. The van der Waals surface area contributed by atoms with Gasteiger partial charge in [0.15, 0.2) is 0 Å². The quantitative estimate of drug-likeness (QED) is 0.813. The maximum absolute atomic E-state index is 11.6. The fraction of sp³-hybridized carbons (Fsp3) is 0.357. The summed E-state index contributed by atoms with van der Waals surface area (Å²) in [5.74, 6) is 0.551. The van der Waals surface area contributed by atoms with Crippen molar-refractivity contribution in [3.63, 3.8) is 0 Å². The molecule has 1 amide bonds. The number of amides is 1. The molecule has 0 aromatic heterocycles. The Bertz CT molecular complexity index is 462. The number of aliphatic hydroxyl groups excluding tert-OH is 1. The van der Waals surface area contributed by atoms with E-state index in [1.807, 2.05) is 18.2 Å². The number of carbonyl (C=O) groups is 1. The molecule has 4 nitrogen and oxygen atoms in total. The number of hydrogen-bond donors (Lipinski definition) is 1. The van der Waals surface area contributed by atoms with Crippen molar-refractivity contribution >= 4 is 21.8 Å². The van der Waals surface area contributed by atoms with Crippen molar-refractivity contribution in [3.8, 4) is 5.75 Å². The molecule has 0 radical (unpaired) electrons. The molecule has 0 bridgehead atoms. The summed E-state index contributed by atoms with van der Waals surface area (Å²) < 4.78 is 6.02. The molecule has 5 heteroatoms. The van der Waals surface area contributed by atoms with Gasteiger partial charge >= 0.3 is 0 Å². The molecular weight excluding hydrogens is 310 g/mol. The van der Waals surface area contributed by atoms with Crippen molar-refractivity contribution in [1.82, 2.24) is 4.90 Å². The molecule has 1 atom stereocenters. The monoisotopic (exact) mass is 327 g/mol. The molecule has 0 fully saturated rings. The summed E-state index contributed by atoms with van der Waals surface area (Å²) in [6.07, 6.45) is 1.79. The number of halogens is 1. The lowest BCUT2D eigenvalue weighted by Gasteiger charge is -2.26. The topological polar surface area (TPSA) is 49.8 Å². The Labute approximate surface area is 121 Å².